The van der Waals surface area contributed by atoms with Gasteiger partial charge in [0, 0.05) is 0 Å². The van der Waals surface area contributed by atoms with Crippen molar-refractivity contribution in [2.24, 2.45) is 17.4 Å². The lowest BCUT2D eigenvalue weighted by molar-refractivity contribution is -0.140. The van der Waals surface area contributed by atoms with E-state index in [1.165, 1.54) is 0 Å². The molecule has 4 nitrogen and oxygen atoms in total. The van der Waals surface area contributed by atoms with Gasteiger partial charge in [0.1, 0.15) is 6.04 Å². The number of rotatable bonds is 7. The molecular weight excluding hydrogens is 168 g/mol. The topological polar surface area (TPSA) is 89.3 Å². The molecule has 0 amide bonds. The van der Waals surface area contributed by atoms with Crippen molar-refractivity contribution in [3.05, 3.63) is 0 Å². The first-order chi connectivity index (χ1) is 6.13. The Hall–Kier alpha value is -0.610. The van der Waals surface area contributed by atoms with Gasteiger partial charge in [-0.25, -0.2) is 0 Å². The third-order valence-corrected chi connectivity index (χ3v) is 2.35. The molecule has 0 aromatic heterocycles. The number of hydrogen-bond donors (Lipinski definition) is 3. The Balaban J connectivity index is 3.80. The third-order valence-electron chi connectivity index (χ3n) is 2.35. The van der Waals surface area contributed by atoms with E-state index < -0.39 is 12.0 Å². The summed E-state index contributed by atoms with van der Waals surface area (Å²) >= 11 is 0. The fraction of sp³-hybridized carbons (Fsp3) is 0.889. The maximum absolute atomic E-state index is 10.6. The predicted octanol–water partition coefficient (Wildman–Crippen LogP) is 0.554. The quantitative estimate of drug-likeness (QED) is 0.509. The van der Waals surface area contributed by atoms with Gasteiger partial charge in [0.25, 0.3) is 0 Å². The Kier molecular flexibility index (Phi) is 6.54. The highest BCUT2D eigenvalue weighted by Gasteiger charge is 2.21. The summed E-state index contributed by atoms with van der Waals surface area (Å²) in [7, 11) is 0. The maximum atomic E-state index is 10.6. The van der Waals surface area contributed by atoms with Crippen LogP contribution in [-0.2, 0) is 4.79 Å². The Bertz CT molecular complexity index is 151. The normalized spacial score (nSPS) is 15.3. The van der Waals surface area contributed by atoms with Crippen LogP contribution in [0.1, 0.15) is 32.6 Å². The van der Waals surface area contributed by atoms with Crippen molar-refractivity contribution in [3.8, 4) is 0 Å². The molecule has 0 aliphatic heterocycles. The number of carboxylic acid groups (broad SMARTS) is 1. The van der Waals surface area contributed by atoms with Crippen LogP contribution in [0.3, 0.4) is 0 Å². The van der Waals surface area contributed by atoms with E-state index in [1.807, 2.05) is 6.92 Å². The van der Waals surface area contributed by atoms with Crippen LogP contribution in [0, 0.1) is 5.92 Å². The Morgan fingerprint density at radius 2 is 2.08 bits per heavy atom. The predicted molar refractivity (Wildman–Crippen MR) is 52.3 cm³/mol. The molecule has 2 atom stereocenters. The van der Waals surface area contributed by atoms with E-state index in [-0.39, 0.29) is 5.92 Å². The van der Waals surface area contributed by atoms with Crippen molar-refractivity contribution < 1.29 is 9.90 Å². The van der Waals surface area contributed by atoms with Crippen molar-refractivity contribution in [3.63, 3.8) is 0 Å². The van der Waals surface area contributed by atoms with E-state index in [2.05, 4.69) is 0 Å². The van der Waals surface area contributed by atoms with Gasteiger partial charge in [-0.1, -0.05) is 19.8 Å². The first kappa shape index (κ1) is 12.4. The van der Waals surface area contributed by atoms with Gasteiger partial charge in [-0.05, 0) is 25.3 Å². The molecule has 5 N–H and O–H groups in total. The number of unbranched alkanes of at least 4 members (excludes halogenated alkanes) is 1. The van der Waals surface area contributed by atoms with Crippen molar-refractivity contribution in [1.29, 1.82) is 0 Å². The van der Waals surface area contributed by atoms with Crippen LogP contribution in [0.4, 0.5) is 0 Å². The highest BCUT2D eigenvalue weighted by molar-refractivity contribution is 5.73. The minimum atomic E-state index is -0.903. The van der Waals surface area contributed by atoms with Crippen LogP contribution in [0.2, 0.25) is 0 Å². The van der Waals surface area contributed by atoms with E-state index >= 15 is 0 Å². The number of nitrogens with two attached hydrogens (primary N) is 2. The molecule has 0 heterocycles. The fourth-order valence-corrected chi connectivity index (χ4v) is 1.39. The first-order valence-corrected chi connectivity index (χ1v) is 4.81. The lowest BCUT2D eigenvalue weighted by Crippen LogP contribution is -2.37. The van der Waals surface area contributed by atoms with Crippen molar-refractivity contribution in [2.45, 2.75) is 38.6 Å². The molecule has 0 radical (unpaired) electrons. The Morgan fingerprint density at radius 1 is 1.46 bits per heavy atom. The third kappa shape index (κ3) is 4.85. The monoisotopic (exact) mass is 188 g/mol. The minimum absolute atomic E-state index is 0.0871. The molecule has 0 fully saturated rings. The SMILES string of the molecule is CCC(CCCCN)C(N)C(=O)O. The van der Waals surface area contributed by atoms with Crippen LogP contribution >= 0.6 is 0 Å². The molecule has 13 heavy (non-hydrogen) atoms. The molecule has 0 aromatic carbocycles. The van der Waals surface area contributed by atoms with Gasteiger partial charge in [-0.3, -0.25) is 4.79 Å². The van der Waals surface area contributed by atoms with Crippen LogP contribution in [0.15, 0.2) is 0 Å². The largest absolute Gasteiger partial charge is 0.480 e. The van der Waals surface area contributed by atoms with Gasteiger partial charge in [0.2, 0.25) is 0 Å². The van der Waals surface area contributed by atoms with E-state index in [0.717, 1.165) is 25.7 Å². The van der Waals surface area contributed by atoms with Crippen LogP contribution in [0.25, 0.3) is 0 Å². The fourth-order valence-electron chi connectivity index (χ4n) is 1.39. The molecule has 0 spiro atoms. The molecule has 0 rings (SSSR count). The summed E-state index contributed by atoms with van der Waals surface area (Å²) in [6, 6.07) is -0.720. The van der Waals surface area contributed by atoms with E-state index in [4.69, 9.17) is 16.6 Å². The summed E-state index contributed by atoms with van der Waals surface area (Å²) in [4.78, 5) is 10.6. The molecule has 0 aliphatic carbocycles. The zero-order valence-corrected chi connectivity index (χ0v) is 8.20. The molecule has 0 aromatic rings. The molecule has 2 unspecified atom stereocenters. The molecule has 0 aliphatic rings. The smallest absolute Gasteiger partial charge is 0.320 e. The zero-order chi connectivity index (χ0) is 10.3. The van der Waals surface area contributed by atoms with Gasteiger partial charge < -0.3 is 16.6 Å². The molecule has 0 bridgehead atoms. The van der Waals surface area contributed by atoms with Crippen molar-refractivity contribution >= 4 is 5.97 Å². The molecular formula is C9H20N2O2. The standard InChI is InChI=1S/C9H20N2O2/c1-2-7(5-3-4-6-10)8(11)9(12)13/h7-8H,2-6,10-11H2,1H3,(H,12,13). The number of carboxylic acids is 1. The van der Waals surface area contributed by atoms with Gasteiger partial charge in [0.15, 0.2) is 0 Å². The number of carbonyl (C=O) groups is 1. The van der Waals surface area contributed by atoms with E-state index in [0.29, 0.717) is 6.54 Å². The van der Waals surface area contributed by atoms with Gasteiger partial charge in [0.05, 0.1) is 0 Å². The van der Waals surface area contributed by atoms with Gasteiger partial charge >= 0.3 is 5.97 Å². The number of hydrogen-bond acceptors (Lipinski definition) is 3. The van der Waals surface area contributed by atoms with E-state index in [1.54, 1.807) is 0 Å². The molecule has 78 valence electrons. The lowest BCUT2D eigenvalue weighted by Gasteiger charge is -2.18. The average Bonchev–Trinajstić information content (AvgIpc) is 2.11. The van der Waals surface area contributed by atoms with Crippen LogP contribution < -0.4 is 11.5 Å². The second-order valence-electron chi connectivity index (χ2n) is 3.32. The number of aliphatic carboxylic acids is 1. The Labute approximate surface area is 79.3 Å². The first-order valence-electron chi connectivity index (χ1n) is 4.81. The Morgan fingerprint density at radius 3 is 2.46 bits per heavy atom. The van der Waals surface area contributed by atoms with Crippen LogP contribution in [0.5, 0.6) is 0 Å². The molecule has 4 heteroatoms. The summed E-state index contributed by atoms with van der Waals surface area (Å²) < 4.78 is 0. The highest BCUT2D eigenvalue weighted by Crippen LogP contribution is 2.15. The zero-order valence-electron chi connectivity index (χ0n) is 8.20. The van der Waals surface area contributed by atoms with E-state index in [9.17, 15) is 4.79 Å². The van der Waals surface area contributed by atoms with Gasteiger partial charge in [-0.15, -0.1) is 0 Å². The van der Waals surface area contributed by atoms with Crippen LogP contribution in [-0.4, -0.2) is 23.7 Å². The summed E-state index contributed by atoms with van der Waals surface area (Å²) in [6.07, 6.45) is 3.60. The molecule has 0 saturated heterocycles. The summed E-state index contributed by atoms with van der Waals surface area (Å²) in [5.74, 6) is -0.816. The molecule has 0 saturated carbocycles. The lowest BCUT2D eigenvalue weighted by atomic mass is 9.92. The summed E-state index contributed by atoms with van der Waals surface area (Å²) in [6.45, 7) is 2.63. The summed E-state index contributed by atoms with van der Waals surface area (Å²) in [5.41, 5.74) is 10.9. The van der Waals surface area contributed by atoms with Crippen molar-refractivity contribution in [1.82, 2.24) is 0 Å². The summed E-state index contributed by atoms with van der Waals surface area (Å²) in [5, 5.41) is 8.69. The second kappa shape index (κ2) is 6.86. The average molecular weight is 188 g/mol. The van der Waals surface area contributed by atoms with Gasteiger partial charge in [-0.2, -0.15) is 0 Å². The second-order valence-corrected chi connectivity index (χ2v) is 3.32. The highest BCUT2D eigenvalue weighted by atomic mass is 16.4. The maximum Gasteiger partial charge on any atom is 0.320 e. The van der Waals surface area contributed by atoms with Crippen molar-refractivity contribution in [2.75, 3.05) is 6.54 Å². The minimum Gasteiger partial charge on any atom is -0.480 e.